The maximum atomic E-state index is 11.5. The third-order valence-corrected chi connectivity index (χ3v) is 4.55. The lowest BCUT2D eigenvalue weighted by Gasteiger charge is -2.20. The first-order chi connectivity index (χ1) is 10.0. The van der Waals surface area contributed by atoms with Crippen molar-refractivity contribution in [2.24, 2.45) is 0 Å². The molecule has 0 fully saturated rings. The second-order valence-electron chi connectivity index (χ2n) is 4.89. The van der Waals surface area contributed by atoms with Gasteiger partial charge >= 0.3 is 0 Å². The molecule has 0 saturated carbocycles. The summed E-state index contributed by atoms with van der Waals surface area (Å²) < 4.78 is 1.91. The van der Waals surface area contributed by atoms with E-state index >= 15 is 0 Å². The lowest BCUT2D eigenvalue weighted by Crippen LogP contribution is -2.19. The van der Waals surface area contributed by atoms with Crippen LogP contribution < -0.4 is 16.4 Å². The van der Waals surface area contributed by atoms with Gasteiger partial charge in [-0.2, -0.15) is 0 Å². The Kier molecular flexibility index (Phi) is 3.91. The molecule has 2 aromatic carbocycles. The number of hydrogen-bond acceptors (Lipinski definition) is 3. The summed E-state index contributed by atoms with van der Waals surface area (Å²) in [6, 6.07) is 9.66. The van der Waals surface area contributed by atoms with Crippen LogP contribution in [0, 0.1) is 0 Å². The van der Waals surface area contributed by atoms with Gasteiger partial charge in [-0.1, -0.05) is 15.9 Å². The molecule has 0 unspecified atom stereocenters. The predicted molar refractivity (Wildman–Crippen MR) is 92.9 cm³/mol. The fourth-order valence-electron chi connectivity index (χ4n) is 2.29. The molecule has 0 spiro atoms. The van der Waals surface area contributed by atoms with Crippen molar-refractivity contribution in [3.05, 3.63) is 44.8 Å². The minimum Gasteiger partial charge on any atom is -0.397 e. The Bertz CT molecular complexity index is 731. The van der Waals surface area contributed by atoms with E-state index < -0.39 is 0 Å². The number of benzene rings is 2. The average Bonchev–Trinajstić information content (AvgIpc) is 2.44. The zero-order valence-electron chi connectivity index (χ0n) is 11.0. The van der Waals surface area contributed by atoms with Crippen LogP contribution in [0.15, 0.2) is 39.3 Å². The SMILES string of the molecule is Nc1cc2c(cc1Nc1cc(Br)ccc1Br)NC(=O)CC2. The maximum Gasteiger partial charge on any atom is 0.224 e. The van der Waals surface area contributed by atoms with Gasteiger partial charge in [-0.05, 0) is 58.2 Å². The number of hydrogen-bond donors (Lipinski definition) is 3. The molecule has 2 aromatic rings. The minimum absolute atomic E-state index is 0.0434. The van der Waals surface area contributed by atoms with Crippen molar-refractivity contribution < 1.29 is 4.79 Å². The monoisotopic (exact) mass is 409 g/mol. The van der Waals surface area contributed by atoms with Crippen LogP contribution in [0.3, 0.4) is 0 Å². The number of aryl methyl sites for hydroxylation is 1. The molecular weight excluding hydrogens is 398 g/mol. The molecule has 21 heavy (non-hydrogen) atoms. The Morgan fingerprint density at radius 3 is 2.71 bits per heavy atom. The number of anilines is 4. The van der Waals surface area contributed by atoms with Gasteiger partial charge in [-0.3, -0.25) is 4.79 Å². The molecule has 1 amide bonds. The first-order valence-corrected chi connectivity index (χ1v) is 8.06. The van der Waals surface area contributed by atoms with Crippen LogP contribution in [0.5, 0.6) is 0 Å². The molecule has 1 heterocycles. The summed E-state index contributed by atoms with van der Waals surface area (Å²) in [7, 11) is 0. The standard InChI is InChI=1S/C15H13Br2N3O/c16-9-2-3-10(17)13(6-9)19-14-7-12-8(5-11(14)18)1-4-15(21)20-12/h2-3,5-7,19H,1,4,18H2,(H,20,21). The van der Waals surface area contributed by atoms with Crippen LogP contribution in [-0.4, -0.2) is 5.91 Å². The number of fused-ring (bicyclic) bond motifs is 1. The first kappa shape index (κ1) is 14.4. The molecule has 0 aromatic heterocycles. The van der Waals surface area contributed by atoms with Crippen LogP contribution in [0.2, 0.25) is 0 Å². The van der Waals surface area contributed by atoms with Crippen LogP contribution in [0.1, 0.15) is 12.0 Å². The molecule has 0 radical (unpaired) electrons. The summed E-state index contributed by atoms with van der Waals surface area (Å²) in [6.45, 7) is 0. The third kappa shape index (κ3) is 3.06. The largest absolute Gasteiger partial charge is 0.397 e. The van der Waals surface area contributed by atoms with E-state index in [1.54, 1.807) is 0 Å². The molecule has 0 aliphatic carbocycles. The van der Waals surface area contributed by atoms with Crippen molar-refractivity contribution in [2.75, 3.05) is 16.4 Å². The normalized spacial score (nSPS) is 13.5. The van der Waals surface area contributed by atoms with E-state index in [2.05, 4.69) is 42.5 Å². The van der Waals surface area contributed by atoms with E-state index in [4.69, 9.17) is 5.73 Å². The maximum absolute atomic E-state index is 11.5. The first-order valence-electron chi connectivity index (χ1n) is 6.47. The second-order valence-corrected chi connectivity index (χ2v) is 6.66. The van der Waals surface area contributed by atoms with Gasteiger partial charge in [0.25, 0.3) is 0 Å². The number of amides is 1. The third-order valence-electron chi connectivity index (χ3n) is 3.37. The summed E-state index contributed by atoms with van der Waals surface area (Å²) in [5.41, 5.74) is 10.4. The van der Waals surface area contributed by atoms with Gasteiger partial charge < -0.3 is 16.4 Å². The molecule has 4 nitrogen and oxygen atoms in total. The van der Waals surface area contributed by atoms with Crippen LogP contribution in [-0.2, 0) is 11.2 Å². The number of carbonyl (C=O) groups is 1. The Hall–Kier alpha value is -1.53. The van der Waals surface area contributed by atoms with E-state index in [0.717, 1.165) is 38.0 Å². The van der Waals surface area contributed by atoms with Crippen molar-refractivity contribution in [3.63, 3.8) is 0 Å². The van der Waals surface area contributed by atoms with Crippen molar-refractivity contribution in [2.45, 2.75) is 12.8 Å². The van der Waals surface area contributed by atoms with Gasteiger partial charge in [0.2, 0.25) is 5.91 Å². The van der Waals surface area contributed by atoms with Crippen molar-refractivity contribution in [1.82, 2.24) is 0 Å². The fraction of sp³-hybridized carbons (Fsp3) is 0.133. The average molecular weight is 411 g/mol. The van der Waals surface area contributed by atoms with E-state index in [9.17, 15) is 4.79 Å². The van der Waals surface area contributed by atoms with Crippen molar-refractivity contribution in [1.29, 1.82) is 0 Å². The quantitative estimate of drug-likeness (QED) is 0.642. The molecule has 4 N–H and O–H groups in total. The zero-order valence-corrected chi connectivity index (χ0v) is 14.2. The Morgan fingerprint density at radius 2 is 1.90 bits per heavy atom. The summed E-state index contributed by atoms with van der Waals surface area (Å²) in [5.74, 6) is 0.0434. The van der Waals surface area contributed by atoms with Crippen molar-refractivity contribution in [3.8, 4) is 0 Å². The summed E-state index contributed by atoms with van der Waals surface area (Å²) in [4.78, 5) is 11.5. The van der Waals surface area contributed by atoms with Gasteiger partial charge in [-0.25, -0.2) is 0 Å². The van der Waals surface area contributed by atoms with E-state index in [0.29, 0.717) is 12.1 Å². The van der Waals surface area contributed by atoms with Crippen LogP contribution in [0.4, 0.5) is 22.7 Å². The highest BCUT2D eigenvalue weighted by atomic mass is 79.9. The minimum atomic E-state index is 0.0434. The number of rotatable bonds is 2. The number of nitrogens with two attached hydrogens (primary N) is 1. The van der Waals surface area contributed by atoms with Crippen molar-refractivity contribution >= 4 is 60.5 Å². The molecule has 3 rings (SSSR count). The van der Waals surface area contributed by atoms with Gasteiger partial charge in [-0.15, -0.1) is 0 Å². The number of carbonyl (C=O) groups excluding carboxylic acids is 1. The second kappa shape index (κ2) is 5.69. The molecule has 1 aliphatic rings. The molecule has 108 valence electrons. The Balaban J connectivity index is 1.97. The highest BCUT2D eigenvalue weighted by Gasteiger charge is 2.17. The number of nitrogens with one attached hydrogen (secondary N) is 2. The lowest BCUT2D eigenvalue weighted by molar-refractivity contribution is -0.116. The van der Waals surface area contributed by atoms with E-state index in [1.165, 1.54) is 0 Å². The van der Waals surface area contributed by atoms with E-state index in [1.807, 2.05) is 30.3 Å². The summed E-state index contributed by atoms with van der Waals surface area (Å²) >= 11 is 6.95. The molecule has 6 heteroatoms. The fourth-order valence-corrected chi connectivity index (χ4v) is 3.00. The highest BCUT2D eigenvalue weighted by Crippen LogP contribution is 2.35. The lowest BCUT2D eigenvalue weighted by atomic mass is 10.0. The van der Waals surface area contributed by atoms with Gasteiger partial charge in [0.05, 0.1) is 17.1 Å². The van der Waals surface area contributed by atoms with Gasteiger partial charge in [0.15, 0.2) is 0 Å². The molecular formula is C15H13Br2N3O. The highest BCUT2D eigenvalue weighted by molar-refractivity contribution is 9.11. The van der Waals surface area contributed by atoms with E-state index in [-0.39, 0.29) is 5.91 Å². The predicted octanol–water partition coefficient (Wildman–Crippen LogP) is 4.42. The molecule has 0 atom stereocenters. The smallest absolute Gasteiger partial charge is 0.224 e. The Morgan fingerprint density at radius 1 is 1.10 bits per heavy atom. The molecule has 0 saturated heterocycles. The zero-order chi connectivity index (χ0) is 15.0. The van der Waals surface area contributed by atoms with Crippen LogP contribution >= 0.6 is 31.9 Å². The topological polar surface area (TPSA) is 67.2 Å². The Labute approximate surface area is 139 Å². The van der Waals surface area contributed by atoms with Gasteiger partial charge in [0.1, 0.15) is 0 Å². The number of nitrogen functional groups attached to an aromatic ring is 1. The summed E-state index contributed by atoms with van der Waals surface area (Å²) in [6.07, 6.45) is 1.24. The molecule has 0 bridgehead atoms. The van der Waals surface area contributed by atoms with Gasteiger partial charge in [0, 0.05) is 21.1 Å². The summed E-state index contributed by atoms with van der Waals surface area (Å²) in [5, 5.41) is 6.18. The number of halogens is 2. The van der Waals surface area contributed by atoms with Crippen LogP contribution in [0.25, 0.3) is 0 Å². The molecule has 1 aliphatic heterocycles.